The molecule has 1 nitrogen and oxygen atoms in total. The van der Waals surface area contributed by atoms with E-state index in [2.05, 4.69) is 0 Å². The van der Waals surface area contributed by atoms with Gasteiger partial charge in [-0.3, -0.25) is 0 Å². The Balaban J connectivity index is 2.43. The van der Waals surface area contributed by atoms with E-state index in [1.165, 1.54) is 6.92 Å². The summed E-state index contributed by atoms with van der Waals surface area (Å²) in [4.78, 5) is 0. The van der Waals surface area contributed by atoms with Gasteiger partial charge in [0.25, 0.3) is 0 Å². The summed E-state index contributed by atoms with van der Waals surface area (Å²) in [5.41, 5.74) is -3.58. The minimum absolute atomic E-state index is 0.0995. The highest BCUT2D eigenvalue weighted by molar-refractivity contribution is 5.09. The monoisotopic (exact) mass is 278 g/mol. The molecule has 0 saturated heterocycles. The normalized spacial score (nSPS) is 37.7. The van der Waals surface area contributed by atoms with Gasteiger partial charge in [-0.1, -0.05) is 33.6 Å². The van der Waals surface area contributed by atoms with Crippen molar-refractivity contribution in [2.75, 3.05) is 0 Å². The Morgan fingerprint density at radius 2 is 1.84 bits per heavy atom. The van der Waals surface area contributed by atoms with Gasteiger partial charge in [0.1, 0.15) is 0 Å². The van der Waals surface area contributed by atoms with Gasteiger partial charge in [0, 0.05) is 5.41 Å². The molecule has 0 radical (unpaired) electrons. The summed E-state index contributed by atoms with van der Waals surface area (Å²) in [6, 6.07) is 0. The van der Waals surface area contributed by atoms with Crippen molar-refractivity contribution >= 4 is 0 Å². The van der Waals surface area contributed by atoms with E-state index in [0.29, 0.717) is 25.2 Å². The van der Waals surface area contributed by atoms with Gasteiger partial charge in [0.05, 0.1) is 0 Å². The maximum Gasteiger partial charge on any atom is 0.417 e. The van der Waals surface area contributed by atoms with Crippen LogP contribution in [0.2, 0.25) is 0 Å². The van der Waals surface area contributed by atoms with Crippen molar-refractivity contribution in [2.24, 2.45) is 16.7 Å². The molecule has 0 aromatic heterocycles. The second-order valence-corrected chi connectivity index (χ2v) is 7.50. The Labute approximate surface area is 113 Å². The number of aliphatic hydroxyl groups is 1. The molecule has 2 saturated carbocycles. The van der Waals surface area contributed by atoms with Crippen LogP contribution in [-0.2, 0) is 0 Å². The van der Waals surface area contributed by atoms with Crippen LogP contribution >= 0.6 is 0 Å². The first-order valence-electron chi connectivity index (χ1n) is 7.34. The molecule has 4 heteroatoms. The Hall–Kier alpha value is -0.250. The molecule has 2 aliphatic rings. The zero-order chi connectivity index (χ0) is 14.5. The minimum atomic E-state index is -4.53. The van der Waals surface area contributed by atoms with E-state index in [0.717, 1.165) is 19.3 Å². The third-order valence-corrected chi connectivity index (χ3v) is 5.46. The Bertz CT molecular complexity index is 350. The summed E-state index contributed by atoms with van der Waals surface area (Å²) >= 11 is 0. The SMILES string of the molecule is CCC(O)(C(F)(F)F)C12CCCC(CC(C)(C)C1)C2. The zero-order valence-electron chi connectivity index (χ0n) is 12.1. The van der Waals surface area contributed by atoms with Gasteiger partial charge < -0.3 is 5.11 Å². The van der Waals surface area contributed by atoms with Crippen molar-refractivity contribution in [1.82, 2.24) is 0 Å². The fourth-order valence-corrected chi connectivity index (χ4v) is 4.99. The molecule has 0 aromatic carbocycles. The zero-order valence-corrected chi connectivity index (χ0v) is 12.1. The molecule has 2 fully saturated rings. The summed E-state index contributed by atoms with van der Waals surface area (Å²) in [6.07, 6.45) is -0.401. The predicted molar refractivity (Wildman–Crippen MR) is 68.7 cm³/mol. The Morgan fingerprint density at radius 1 is 1.21 bits per heavy atom. The van der Waals surface area contributed by atoms with Crippen LogP contribution in [-0.4, -0.2) is 16.9 Å². The highest BCUT2D eigenvalue weighted by atomic mass is 19.4. The van der Waals surface area contributed by atoms with E-state index in [-0.39, 0.29) is 11.8 Å². The molecular formula is C15H25F3O. The quantitative estimate of drug-likeness (QED) is 0.777. The standard InChI is InChI=1S/C15H25F3O/c1-4-14(19,15(16,17)18)13-7-5-6-11(9-13)8-12(2,3)10-13/h11,19H,4-10H2,1-3H3. The molecule has 112 valence electrons. The molecule has 0 aromatic rings. The summed E-state index contributed by atoms with van der Waals surface area (Å²) < 4.78 is 40.4. The summed E-state index contributed by atoms with van der Waals surface area (Å²) in [5.74, 6) is 0.345. The van der Waals surface area contributed by atoms with E-state index >= 15 is 0 Å². The van der Waals surface area contributed by atoms with Crippen LogP contribution in [0.5, 0.6) is 0 Å². The van der Waals surface area contributed by atoms with Crippen LogP contribution in [0.25, 0.3) is 0 Å². The fourth-order valence-electron chi connectivity index (χ4n) is 4.99. The van der Waals surface area contributed by atoms with Crippen molar-refractivity contribution in [3.05, 3.63) is 0 Å². The van der Waals surface area contributed by atoms with Crippen LogP contribution in [0, 0.1) is 16.7 Å². The van der Waals surface area contributed by atoms with Crippen molar-refractivity contribution in [1.29, 1.82) is 0 Å². The highest BCUT2D eigenvalue weighted by Crippen LogP contribution is 2.63. The van der Waals surface area contributed by atoms with E-state index in [1.54, 1.807) is 0 Å². The van der Waals surface area contributed by atoms with Gasteiger partial charge in [0.2, 0.25) is 0 Å². The summed E-state index contributed by atoms with van der Waals surface area (Å²) in [5, 5.41) is 10.5. The first-order valence-corrected chi connectivity index (χ1v) is 7.34. The highest BCUT2D eigenvalue weighted by Gasteiger charge is 2.67. The fraction of sp³-hybridized carbons (Fsp3) is 1.00. The molecule has 3 unspecified atom stereocenters. The van der Waals surface area contributed by atoms with E-state index < -0.39 is 17.2 Å². The number of halogens is 3. The van der Waals surface area contributed by atoms with Crippen LogP contribution in [0.15, 0.2) is 0 Å². The minimum Gasteiger partial charge on any atom is -0.380 e. The topological polar surface area (TPSA) is 20.2 Å². The van der Waals surface area contributed by atoms with E-state index in [4.69, 9.17) is 0 Å². The van der Waals surface area contributed by atoms with Gasteiger partial charge in [-0.2, -0.15) is 13.2 Å². The molecule has 19 heavy (non-hydrogen) atoms. The third-order valence-electron chi connectivity index (χ3n) is 5.46. The molecule has 1 N–H and O–H groups in total. The van der Waals surface area contributed by atoms with Crippen molar-refractivity contribution in [3.63, 3.8) is 0 Å². The molecule has 0 spiro atoms. The van der Waals surface area contributed by atoms with E-state index in [9.17, 15) is 18.3 Å². The lowest BCUT2D eigenvalue weighted by molar-refractivity contribution is -0.320. The first-order chi connectivity index (χ1) is 8.55. The van der Waals surface area contributed by atoms with Crippen LogP contribution in [0.3, 0.4) is 0 Å². The second kappa shape index (κ2) is 4.37. The van der Waals surface area contributed by atoms with Crippen molar-refractivity contribution in [3.8, 4) is 0 Å². The maximum absolute atomic E-state index is 13.5. The lowest BCUT2D eigenvalue weighted by Gasteiger charge is -2.58. The van der Waals surface area contributed by atoms with Gasteiger partial charge in [-0.15, -0.1) is 0 Å². The average molecular weight is 278 g/mol. The molecule has 2 rings (SSSR count). The maximum atomic E-state index is 13.5. The number of hydrogen-bond donors (Lipinski definition) is 1. The van der Waals surface area contributed by atoms with Gasteiger partial charge in [-0.05, 0) is 43.4 Å². The Morgan fingerprint density at radius 3 is 2.37 bits per heavy atom. The predicted octanol–water partition coefficient (Wildman–Crippen LogP) is 4.69. The first kappa shape index (κ1) is 15.1. The van der Waals surface area contributed by atoms with Crippen LogP contribution in [0.1, 0.15) is 65.7 Å². The van der Waals surface area contributed by atoms with Crippen molar-refractivity contribution < 1.29 is 18.3 Å². The molecule has 3 atom stereocenters. The second-order valence-electron chi connectivity index (χ2n) is 7.50. The Kier molecular flexibility index (Phi) is 3.48. The lowest BCUT2D eigenvalue weighted by atomic mass is 9.49. The summed E-state index contributed by atoms with van der Waals surface area (Å²) in [7, 11) is 0. The molecule has 2 aliphatic carbocycles. The lowest BCUT2D eigenvalue weighted by Crippen LogP contribution is -2.62. The molecule has 2 bridgehead atoms. The third kappa shape index (κ3) is 2.30. The largest absolute Gasteiger partial charge is 0.417 e. The number of hydrogen-bond acceptors (Lipinski definition) is 1. The molecule has 0 aliphatic heterocycles. The summed E-state index contributed by atoms with van der Waals surface area (Å²) in [6.45, 7) is 5.56. The number of fused-ring (bicyclic) bond motifs is 2. The average Bonchev–Trinajstić information content (AvgIpc) is 2.23. The van der Waals surface area contributed by atoms with Crippen LogP contribution in [0.4, 0.5) is 13.2 Å². The smallest absolute Gasteiger partial charge is 0.380 e. The molecule has 0 heterocycles. The molecule has 0 amide bonds. The van der Waals surface area contributed by atoms with Gasteiger partial charge in [-0.25, -0.2) is 0 Å². The van der Waals surface area contributed by atoms with Crippen LogP contribution < -0.4 is 0 Å². The van der Waals surface area contributed by atoms with Gasteiger partial charge >= 0.3 is 6.18 Å². The van der Waals surface area contributed by atoms with E-state index in [1.807, 2.05) is 13.8 Å². The molecular weight excluding hydrogens is 253 g/mol. The van der Waals surface area contributed by atoms with Crippen molar-refractivity contribution in [2.45, 2.75) is 77.5 Å². The van der Waals surface area contributed by atoms with Gasteiger partial charge in [0.15, 0.2) is 5.60 Å². The number of alkyl halides is 3. The number of rotatable bonds is 2.